The lowest BCUT2D eigenvalue weighted by atomic mass is 9.84. The highest BCUT2D eigenvalue weighted by atomic mass is 16.3. The lowest BCUT2D eigenvalue weighted by Gasteiger charge is -2.22. The molecule has 99 valence electrons. The molecule has 0 unspecified atom stereocenters. The summed E-state index contributed by atoms with van der Waals surface area (Å²) >= 11 is 0. The van der Waals surface area contributed by atoms with Crippen LogP contribution in [0.2, 0.25) is 0 Å². The van der Waals surface area contributed by atoms with Crippen LogP contribution in [0.5, 0.6) is 5.75 Å². The summed E-state index contributed by atoms with van der Waals surface area (Å²) in [7, 11) is 0. The summed E-state index contributed by atoms with van der Waals surface area (Å²) in [5.74, 6) is 0.579. The Bertz CT molecular complexity index is 570. The van der Waals surface area contributed by atoms with Crippen LogP contribution >= 0.6 is 0 Å². The third kappa shape index (κ3) is 2.51. The van der Waals surface area contributed by atoms with E-state index < -0.39 is 0 Å². The molecule has 0 spiro atoms. The van der Waals surface area contributed by atoms with Gasteiger partial charge in [-0.25, -0.2) is 0 Å². The van der Waals surface area contributed by atoms with Crippen molar-refractivity contribution in [2.75, 3.05) is 0 Å². The average molecular weight is 253 g/mol. The number of phenolic OH excluding ortho intramolecular Hbond substituents is 1. The van der Waals surface area contributed by atoms with Gasteiger partial charge in [0.1, 0.15) is 5.75 Å². The molecule has 2 aromatic rings. The van der Waals surface area contributed by atoms with Crippen molar-refractivity contribution in [3.05, 3.63) is 71.1 Å². The van der Waals surface area contributed by atoms with Crippen LogP contribution in [0.15, 0.2) is 36.4 Å². The molecule has 0 aliphatic carbocycles. The zero-order valence-corrected chi connectivity index (χ0v) is 11.9. The molecule has 0 aliphatic rings. The number of aromatic hydroxyl groups is 1. The quantitative estimate of drug-likeness (QED) is 0.842. The second-order valence-electron chi connectivity index (χ2n) is 5.15. The minimum atomic E-state index is 0.153. The van der Waals surface area contributed by atoms with Gasteiger partial charge >= 0.3 is 0 Å². The van der Waals surface area contributed by atoms with Gasteiger partial charge in [0.05, 0.1) is 0 Å². The van der Waals surface area contributed by atoms with E-state index in [1.165, 1.54) is 5.56 Å². The Kier molecular flexibility index (Phi) is 3.94. The molecule has 0 saturated carbocycles. The van der Waals surface area contributed by atoms with Gasteiger partial charge in [-0.15, -0.1) is 0 Å². The summed E-state index contributed by atoms with van der Waals surface area (Å²) in [6.07, 6.45) is 0.737. The second-order valence-corrected chi connectivity index (χ2v) is 5.15. The molecule has 0 heterocycles. The highest BCUT2D eigenvalue weighted by Crippen LogP contribution is 2.38. The maximum Gasteiger partial charge on any atom is 0.122 e. The van der Waals surface area contributed by atoms with Gasteiger partial charge in [-0.3, -0.25) is 0 Å². The number of aryl methyl sites for hydroxylation is 2. The third-order valence-corrected chi connectivity index (χ3v) is 3.90. The largest absolute Gasteiger partial charge is 0.507 e. The minimum Gasteiger partial charge on any atom is -0.507 e. The van der Waals surface area contributed by atoms with E-state index >= 15 is 0 Å². The van der Waals surface area contributed by atoms with E-state index in [-0.39, 0.29) is 5.92 Å². The van der Waals surface area contributed by atoms with Gasteiger partial charge in [0.2, 0.25) is 0 Å². The normalized spacial score (nSPS) is 12.4. The second kappa shape index (κ2) is 5.48. The summed E-state index contributed by atoms with van der Waals surface area (Å²) in [6, 6.07) is 12.4. The standard InChI is InChI=1S/C18H21O/c1-5-16(15-9-7-6-8-10-15)17-13(3)11-12(2)14(4)18(17)19/h6-11,16,19H,1,5H2,2-4H3/t16-/m1/s1. The van der Waals surface area contributed by atoms with Gasteiger partial charge in [0.15, 0.2) is 0 Å². The first-order valence-electron chi connectivity index (χ1n) is 6.70. The third-order valence-electron chi connectivity index (χ3n) is 3.90. The van der Waals surface area contributed by atoms with Crippen LogP contribution < -0.4 is 0 Å². The fraction of sp³-hybridized carbons (Fsp3) is 0.278. The number of phenols is 1. The highest BCUT2D eigenvalue weighted by Gasteiger charge is 2.20. The van der Waals surface area contributed by atoms with Crippen molar-refractivity contribution < 1.29 is 5.11 Å². The molecule has 2 rings (SSSR count). The predicted molar refractivity (Wildman–Crippen MR) is 80.6 cm³/mol. The van der Waals surface area contributed by atoms with Crippen LogP contribution in [0.25, 0.3) is 0 Å². The van der Waals surface area contributed by atoms with Gasteiger partial charge < -0.3 is 5.11 Å². The molecular formula is C18H21O. The van der Waals surface area contributed by atoms with Crippen LogP contribution in [0, 0.1) is 27.7 Å². The molecular weight excluding hydrogens is 232 g/mol. The maximum atomic E-state index is 10.5. The fourth-order valence-electron chi connectivity index (χ4n) is 2.69. The van der Waals surface area contributed by atoms with Crippen molar-refractivity contribution in [2.45, 2.75) is 33.1 Å². The summed E-state index contributed by atoms with van der Waals surface area (Å²) in [5.41, 5.74) is 5.46. The molecule has 0 amide bonds. The van der Waals surface area contributed by atoms with Gasteiger partial charge in [-0.2, -0.15) is 0 Å². The Hall–Kier alpha value is -1.76. The van der Waals surface area contributed by atoms with Gasteiger partial charge in [0, 0.05) is 11.5 Å². The summed E-state index contributed by atoms with van der Waals surface area (Å²) in [5, 5.41) is 10.5. The molecule has 19 heavy (non-hydrogen) atoms. The lowest BCUT2D eigenvalue weighted by molar-refractivity contribution is 0.459. The molecule has 0 aromatic heterocycles. The summed E-state index contributed by atoms with van der Waals surface area (Å²) in [6.45, 7) is 10.1. The Morgan fingerprint density at radius 2 is 1.68 bits per heavy atom. The zero-order valence-electron chi connectivity index (χ0n) is 11.9. The topological polar surface area (TPSA) is 20.2 Å². The van der Waals surface area contributed by atoms with Gasteiger partial charge in [0.25, 0.3) is 0 Å². The van der Waals surface area contributed by atoms with Crippen molar-refractivity contribution in [3.8, 4) is 5.75 Å². The fourth-order valence-corrected chi connectivity index (χ4v) is 2.69. The van der Waals surface area contributed by atoms with Crippen molar-refractivity contribution in [1.29, 1.82) is 0 Å². The molecule has 0 aliphatic heterocycles. The first-order valence-corrected chi connectivity index (χ1v) is 6.70. The summed E-state index contributed by atoms with van der Waals surface area (Å²) < 4.78 is 0. The van der Waals surface area contributed by atoms with Crippen LogP contribution in [-0.4, -0.2) is 5.11 Å². The van der Waals surface area contributed by atoms with Gasteiger partial charge in [-0.05, 0) is 49.4 Å². The van der Waals surface area contributed by atoms with Crippen molar-refractivity contribution in [2.24, 2.45) is 0 Å². The zero-order chi connectivity index (χ0) is 14.0. The van der Waals surface area contributed by atoms with E-state index in [2.05, 4.69) is 32.0 Å². The molecule has 1 radical (unpaired) electrons. The molecule has 0 fully saturated rings. The molecule has 0 saturated heterocycles. The maximum absolute atomic E-state index is 10.5. The first-order chi connectivity index (χ1) is 9.06. The monoisotopic (exact) mass is 253 g/mol. The first kappa shape index (κ1) is 13.7. The number of hydrogen-bond donors (Lipinski definition) is 1. The molecule has 0 bridgehead atoms. The van der Waals surface area contributed by atoms with Crippen LogP contribution in [0.4, 0.5) is 0 Å². The van der Waals surface area contributed by atoms with E-state index in [1.54, 1.807) is 0 Å². The van der Waals surface area contributed by atoms with Crippen molar-refractivity contribution in [1.82, 2.24) is 0 Å². The van der Waals surface area contributed by atoms with Gasteiger partial charge in [-0.1, -0.05) is 43.3 Å². The van der Waals surface area contributed by atoms with E-state index in [4.69, 9.17) is 0 Å². The Morgan fingerprint density at radius 3 is 2.26 bits per heavy atom. The molecule has 1 nitrogen and oxygen atoms in total. The SMILES string of the molecule is [CH2]C[C@H](c1ccccc1)c1c(C)cc(C)c(C)c1O. The van der Waals surface area contributed by atoms with E-state index in [9.17, 15) is 5.11 Å². The Balaban J connectivity index is 2.60. The van der Waals surface area contributed by atoms with E-state index in [1.807, 2.05) is 32.0 Å². The average Bonchev–Trinajstić information content (AvgIpc) is 2.42. The molecule has 1 N–H and O–H groups in total. The van der Waals surface area contributed by atoms with Crippen LogP contribution in [0.3, 0.4) is 0 Å². The Morgan fingerprint density at radius 1 is 1.05 bits per heavy atom. The molecule has 1 heteroatoms. The Labute approximate surface area is 115 Å². The van der Waals surface area contributed by atoms with Crippen molar-refractivity contribution in [3.63, 3.8) is 0 Å². The lowest BCUT2D eigenvalue weighted by Crippen LogP contribution is -2.04. The van der Waals surface area contributed by atoms with E-state index in [0.29, 0.717) is 5.75 Å². The number of rotatable bonds is 3. The number of hydrogen-bond acceptors (Lipinski definition) is 1. The minimum absolute atomic E-state index is 0.153. The van der Waals surface area contributed by atoms with E-state index in [0.717, 1.165) is 28.7 Å². The molecule has 1 atom stereocenters. The molecule has 2 aromatic carbocycles. The van der Waals surface area contributed by atoms with Crippen molar-refractivity contribution >= 4 is 0 Å². The van der Waals surface area contributed by atoms with Crippen LogP contribution in [0.1, 0.15) is 40.2 Å². The smallest absolute Gasteiger partial charge is 0.122 e. The number of benzene rings is 2. The predicted octanol–water partition coefficient (Wildman–Crippen LogP) is 4.67. The summed E-state index contributed by atoms with van der Waals surface area (Å²) in [4.78, 5) is 0. The highest BCUT2D eigenvalue weighted by molar-refractivity contribution is 5.53. The van der Waals surface area contributed by atoms with Crippen LogP contribution in [-0.2, 0) is 0 Å².